The van der Waals surface area contributed by atoms with Gasteiger partial charge in [0.05, 0.1) is 13.2 Å². The van der Waals surface area contributed by atoms with Gasteiger partial charge in [-0.3, -0.25) is 0 Å². The molecule has 1 aliphatic heterocycles. The van der Waals surface area contributed by atoms with Gasteiger partial charge in [-0.05, 0) is 11.6 Å². The van der Waals surface area contributed by atoms with Crippen molar-refractivity contribution in [2.75, 3.05) is 31.2 Å². The lowest BCUT2D eigenvalue weighted by molar-refractivity contribution is 0.122. The second-order valence-electron chi connectivity index (χ2n) is 4.53. The molecule has 0 radical (unpaired) electrons. The summed E-state index contributed by atoms with van der Waals surface area (Å²) in [5.41, 5.74) is 2.74. The third-order valence-corrected chi connectivity index (χ3v) is 4.16. The maximum Gasteiger partial charge on any atom is 0.0642 e. The summed E-state index contributed by atoms with van der Waals surface area (Å²) in [5.74, 6) is 0. The number of benzene rings is 1. The molecule has 1 saturated heterocycles. The van der Waals surface area contributed by atoms with E-state index in [0.29, 0.717) is 0 Å². The highest BCUT2D eigenvalue weighted by Crippen LogP contribution is 2.25. The van der Waals surface area contributed by atoms with Gasteiger partial charge in [-0.25, -0.2) is 0 Å². The summed E-state index contributed by atoms with van der Waals surface area (Å²) in [5, 5.41) is 2.27. The molecule has 0 spiro atoms. The minimum absolute atomic E-state index is 0.851. The number of morpholine rings is 1. The molecule has 2 nitrogen and oxygen atoms in total. The van der Waals surface area contributed by atoms with Crippen molar-refractivity contribution < 1.29 is 4.74 Å². The van der Waals surface area contributed by atoms with E-state index in [1.165, 1.54) is 16.1 Å². The van der Waals surface area contributed by atoms with Crippen molar-refractivity contribution in [3.63, 3.8) is 0 Å². The first-order valence-electron chi connectivity index (χ1n) is 6.36. The third kappa shape index (κ3) is 2.74. The standard InChI is InChI=1S/C15H17NOS/c1-2-4-13(5-3-1)10-15-11-14(12-18-15)16-6-8-17-9-7-16/h1-5,11-12H,6-10H2. The van der Waals surface area contributed by atoms with Gasteiger partial charge < -0.3 is 9.64 Å². The van der Waals surface area contributed by atoms with Crippen LogP contribution < -0.4 is 4.90 Å². The van der Waals surface area contributed by atoms with E-state index in [9.17, 15) is 0 Å². The number of anilines is 1. The van der Waals surface area contributed by atoms with Crippen LogP contribution >= 0.6 is 11.3 Å². The van der Waals surface area contributed by atoms with Gasteiger partial charge in [0.2, 0.25) is 0 Å². The molecule has 0 saturated carbocycles. The molecule has 0 unspecified atom stereocenters. The molecular weight excluding hydrogens is 242 g/mol. The van der Waals surface area contributed by atoms with Crippen LogP contribution in [0.4, 0.5) is 5.69 Å². The van der Waals surface area contributed by atoms with Crippen LogP contribution in [-0.2, 0) is 11.2 Å². The van der Waals surface area contributed by atoms with Crippen molar-refractivity contribution in [3.8, 4) is 0 Å². The summed E-state index contributed by atoms with van der Waals surface area (Å²) in [4.78, 5) is 3.84. The zero-order chi connectivity index (χ0) is 12.2. The predicted octanol–water partition coefficient (Wildman–Crippen LogP) is 3.18. The summed E-state index contributed by atoms with van der Waals surface area (Å²) in [6, 6.07) is 13.0. The molecular formula is C15H17NOS. The molecule has 2 heterocycles. The van der Waals surface area contributed by atoms with Gasteiger partial charge in [0, 0.05) is 35.5 Å². The fraction of sp³-hybridized carbons (Fsp3) is 0.333. The van der Waals surface area contributed by atoms with Crippen LogP contribution in [0.3, 0.4) is 0 Å². The Morgan fingerprint density at radius 2 is 1.89 bits per heavy atom. The first-order chi connectivity index (χ1) is 8.92. The maximum atomic E-state index is 5.39. The van der Waals surface area contributed by atoms with Crippen molar-refractivity contribution in [3.05, 3.63) is 52.2 Å². The lowest BCUT2D eigenvalue weighted by Crippen LogP contribution is -2.35. The van der Waals surface area contributed by atoms with Crippen LogP contribution in [0.25, 0.3) is 0 Å². The Kier molecular flexibility index (Phi) is 3.62. The van der Waals surface area contributed by atoms with Crippen LogP contribution in [0.15, 0.2) is 41.8 Å². The molecule has 0 atom stereocenters. The van der Waals surface area contributed by atoms with Gasteiger partial charge >= 0.3 is 0 Å². The third-order valence-electron chi connectivity index (χ3n) is 3.24. The topological polar surface area (TPSA) is 12.5 Å². The number of hydrogen-bond acceptors (Lipinski definition) is 3. The van der Waals surface area contributed by atoms with E-state index in [2.05, 4.69) is 46.7 Å². The van der Waals surface area contributed by atoms with E-state index >= 15 is 0 Å². The van der Waals surface area contributed by atoms with E-state index < -0.39 is 0 Å². The molecule has 0 amide bonds. The summed E-state index contributed by atoms with van der Waals surface area (Å²) in [6.45, 7) is 3.73. The number of ether oxygens (including phenoxy) is 1. The maximum absolute atomic E-state index is 5.39. The molecule has 94 valence electrons. The SMILES string of the molecule is c1ccc(Cc2cc(N3CCOCC3)cs2)cc1. The Balaban J connectivity index is 1.69. The number of thiophene rings is 1. The summed E-state index contributed by atoms with van der Waals surface area (Å²) in [7, 11) is 0. The van der Waals surface area contributed by atoms with E-state index in [1.807, 2.05) is 11.3 Å². The molecule has 1 fully saturated rings. The fourth-order valence-corrected chi connectivity index (χ4v) is 3.17. The van der Waals surface area contributed by atoms with E-state index in [-0.39, 0.29) is 0 Å². The molecule has 18 heavy (non-hydrogen) atoms. The van der Waals surface area contributed by atoms with Crippen molar-refractivity contribution >= 4 is 17.0 Å². The highest BCUT2D eigenvalue weighted by molar-refractivity contribution is 7.10. The average molecular weight is 259 g/mol. The van der Waals surface area contributed by atoms with Gasteiger partial charge in [-0.15, -0.1) is 11.3 Å². The van der Waals surface area contributed by atoms with Gasteiger partial charge in [0.15, 0.2) is 0 Å². The molecule has 0 bridgehead atoms. The van der Waals surface area contributed by atoms with Crippen LogP contribution in [0, 0.1) is 0 Å². The minimum Gasteiger partial charge on any atom is -0.378 e. The van der Waals surface area contributed by atoms with Gasteiger partial charge in [0.1, 0.15) is 0 Å². The molecule has 1 aromatic heterocycles. The summed E-state index contributed by atoms with van der Waals surface area (Å²) >= 11 is 1.86. The normalized spacial score (nSPS) is 15.9. The Hall–Kier alpha value is -1.32. The quantitative estimate of drug-likeness (QED) is 0.839. The van der Waals surface area contributed by atoms with E-state index in [1.54, 1.807) is 0 Å². The van der Waals surface area contributed by atoms with Gasteiger partial charge in [-0.1, -0.05) is 30.3 Å². The lowest BCUT2D eigenvalue weighted by Gasteiger charge is -2.27. The van der Waals surface area contributed by atoms with Crippen molar-refractivity contribution in [2.45, 2.75) is 6.42 Å². The molecule has 0 aliphatic carbocycles. The number of hydrogen-bond donors (Lipinski definition) is 0. The van der Waals surface area contributed by atoms with Crippen LogP contribution in [0.1, 0.15) is 10.4 Å². The summed E-state index contributed by atoms with van der Waals surface area (Å²) < 4.78 is 5.39. The van der Waals surface area contributed by atoms with Crippen molar-refractivity contribution in [1.82, 2.24) is 0 Å². The van der Waals surface area contributed by atoms with Crippen LogP contribution in [-0.4, -0.2) is 26.3 Å². The summed E-state index contributed by atoms with van der Waals surface area (Å²) in [6.07, 6.45) is 1.04. The van der Waals surface area contributed by atoms with Crippen molar-refractivity contribution in [2.24, 2.45) is 0 Å². The highest BCUT2D eigenvalue weighted by Gasteiger charge is 2.12. The molecule has 0 N–H and O–H groups in total. The zero-order valence-electron chi connectivity index (χ0n) is 10.3. The van der Waals surface area contributed by atoms with E-state index in [4.69, 9.17) is 4.74 Å². The van der Waals surface area contributed by atoms with Crippen molar-refractivity contribution in [1.29, 1.82) is 0 Å². The van der Waals surface area contributed by atoms with E-state index in [0.717, 1.165) is 32.7 Å². The number of nitrogens with zero attached hydrogens (tertiary/aromatic N) is 1. The van der Waals surface area contributed by atoms with Crippen LogP contribution in [0.5, 0.6) is 0 Å². The Bertz CT molecular complexity index is 488. The van der Waals surface area contributed by atoms with Gasteiger partial charge in [-0.2, -0.15) is 0 Å². The second-order valence-corrected chi connectivity index (χ2v) is 5.53. The molecule has 3 heteroatoms. The smallest absolute Gasteiger partial charge is 0.0642 e. The monoisotopic (exact) mass is 259 g/mol. The van der Waals surface area contributed by atoms with Gasteiger partial charge in [0.25, 0.3) is 0 Å². The van der Waals surface area contributed by atoms with Crippen LogP contribution in [0.2, 0.25) is 0 Å². The lowest BCUT2D eigenvalue weighted by atomic mass is 10.1. The Labute approximate surface area is 112 Å². The Morgan fingerprint density at radius 1 is 1.11 bits per heavy atom. The predicted molar refractivity (Wildman–Crippen MR) is 76.6 cm³/mol. The highest BCUT2D eigenvalue weighted by atomic mass is 32.1. The molecule has 1 aromatic carbocycles. The molecule has 2 aromatic rings. The molecule has 1 aliphatic rings. The largest absolute Gasteiger partial charge is 0.378 e. The zero-order valence-corrected chi connectivity index (χ0v) is 11.2. The average Bonchev–Trinajstić information content (AvgIpc) is 2.89. The first kappa shape index (κ1) is 11.8. The second kappa shape index (κ2) is 5.55. The molecule has 3 rings (SSSR count). The fourth-order valence-electron chi connectivity index (χ4n) is 2.25. The Morgan fingerprint density at radius 3 is 2.67 bits per heavy atom. The number of rotatable bonds is 3. The first-order valence-corrected chi connectivity index (χ1v) is 7.24. The minimum atomic E-state index is 0.851.